The Labute approximate surface area is 667 Å². The minimum absolute atomic E-state index is 0.00997. The molecule has 3 aliphatic rings. The van der Waals surface area contributed by atoms with Crippen molar-refractivity contribution in [2.24, 2.45) is 0 Å². The molecule has 0 N–H and O–H groups in total. The molecule has 0 unspecified atom stereocenters. The SMILES string of the molecule is Cc1ccc(N(c2ccc(C)cc2)c2ccc3c(c2)Oc2cc(N(c4ccc(C)cc4)c4ccc(C)cc4)ccc2N3c2ccc(-c3ccc4c(c3)C(=O)c3cc(-c5ccc(N6c7ccc(N(c8ccc(C)cc8)c8ccc(C)cc8)cc7Oc7cc(N(c8ccc(C)cc8)c8ccc(C)cc8)ccc76)cc5)ccc3-4)cc2)cc1. The number of carbonyl (C=O) groups is 1. The van der Waals surface area contributed by atoms with Gasteiger partial charge in [-0.1, -0.05) is 190 Å². The highest BCUT2D eigenvalue weighted by molar-refractivity contribution is 6.22. The summed E-state index contributed by atoms with van der Waals surface area (Å²) in [5.41, 5.74) is 34.4. The third-order valence-electron chi connectivity index (χ3n) is 22.3. The van der Waals surface area contributed by atoms with Gasteiger partial charge in [0.15, 0.2) is 28.8 Å². The summed E-state index contributed by atoms with van der Waals surface area (Å²) in [4.78, 5) is 28.8. The van der Waals surface area contributed by atoms with Crippen LogP contribution in [0.3, 0.4) is 0 Å². The van der Waals surface area contributed by atoms with E-state index in [0.29, 0.717) is 11.1 Å². The van der Waals surface area contributed by atoms with E-state index in [1.54, 1.807) is 0 Å². The Kier molecular flexibility index (Phi) is 17.7. The van der Waals surface area contributed by atoms with Crippen molar-refractivity contribution in [1.82, 2.24) is 0 Å². The highest BCUT2D eigenvalue weighted by atomic mass is 16.5. The lowest BCUT2D eigenvalue weighted by molar-refractivity contribution is 0.104. The molecule has 0 spiro atoms. The number of ketones is 1. The first kappa shape index (κ1) is 70.0. The topological polar surface area (TPSA) is 55.0 Å². The molecular weight excluding hydrogens is 1390 g/mol. The Balaban J connectivity index is 0.640. The molecule has 0 saturated carbocycles. The first-order valence-corrected chi connectivity index (χ1v) is 38.9. The molecule has 2 heterocycles. The standard InChI is InChI=1S/C105H82N6O3/c1-67-9-31-79(32-10-67)106(80-33-11-68(2)12-34-80)89-51-57-97-101(63-89)113-102-64-90(107(81-35-13-69(3)14-36-81)82-37-15-70(4)16-38-82)52-58-98(102)110(97)87-47-25-75(26-48-87)77-29-55-93-94-56-30-78(62-96(94)105(112)95(93)61-77)76-27-49-88(50-28-76)111-99-59-53-91(108(83-39-17-71(5)18-40-83)84-41-19-72(6)20-42-84)65-103(99)114-104-66-92(54-60-100(104)111)109(85-43-21-73(7)22-44-85)86-45-23-74(8)24-46-86/h9-66H,1-8H3. The van der Waals surface area contributed by atoms with Crippen molar-refractivity contribution < 1.29 is 14.3 Å². The van der Waals surface area contributed by atoms with Crippen molar-refractivity contribution in [2.75, 3.05) is 29.4 Å². The average Bonchev–Trinajstić information content (AvgIpc) is 1.72. The van der Waals surface area contributed by atoms with Gasteiger partial charge in [-0.15, -0.1) is 0 Å². The monoisotopic (exact) mass is 1470 g/mol. The Bertz CT molecular complexity index is 5500. The van der Waals surface area contributed by atoms with Crippen molar-refractivity contribution in [2.45, 2.75) is 55.4 Å². The van der Waals surface area contributed by atoms with Crippen LogP contribution in [0.2, 0.25) is 0 Å². The van der Waals surface area contributed by atoms with Gasteiger partial charge in [0.05, 0.1) is 22.7 Å². The number of hydrogen-bond donors (Lipinski definition) is 0. The maximum Gasteiger partial charge on any atom is 0.194 e. The molecule has 19 rings (SSSR count). The van der Waals surface area contributed by atoms with Crippen LogP contribution in [0.25, 0.3) is 33.4 Å². The van der Waals surface area contributed by atoms with Crippen LogP contribution >= 0.6 is 0 Å². The van der Waals surface area contributed by atoms with E-state index in [4.69, 9.17) is 9.47 Å². The molecule has 9 nitrogen and oxygen atoms in total. The van der Waals surface area contributed by atoms with E-state index in [1.807, 2.05) is 0 Å². The summed E-state index contributed by atoms with van der Waals surface area (Å²) in [5, 5.41) is 0. The number of anilines is 18. The number of nitrogens with zero attached hydrogens (tertiary/aromatic N) is 6. The van der Waals surface area contributed by atoms with Gasteiger partial charge in [0, 0.05) is 115 Å². The second-order valence-corrected chi connectivity index (χ2v) is 30.5. The zero-order valence-corrected chi connectivity index (χ0v) is 64.9. The van der Waals surface area contributed by atoms with Gasteiger partial charge in [-0.3, -0.25) is 4.79 Å². The van der Waals surface area contributed by atoms with E-state index in [9.17, 15) is 0 Å². The summed E-state index contributed by atoms with van der Waals surface area (Å²) in [6.07, 6.45) is 0. The van der Waals surface area contributed by atoms with Crippen LogP contribution in [0.1, 0.15) is 60.4 Å². The van der Waals surface area contributed by atoms with E-state index in [2.05, 4.69) is 437 Å². The Morgan fingerprint density at radius 3 is 0.596 bits per heavy atom. The van der Waals surface area contributed by atoms with Gasteiger partial charge in [-0.2, -0.15) is 0 Å². The van der Waals surface area contributed by atoms with E-state index >= 15 is 4.79 Å². The molecular formula is C105H82N6O3. The van der Waals surface area contributed by atoms with Crippen molar-refractivity contribution >= 4 is 108 Å². The summed E-state index contributed by atoms with van der Waals surface area (Å²) in [6.45, 7) is 17.0. The lowest BCUT2D eigenvalue weighted by Crippen LogP contribution is -2.18. The van der Waals surface area contributed by atoms with E-state index in [0.717, 1.165) is 159 Å². The van der Waals surface area contributed by atoms with Crippen LogP contribution in [0.4, 0.5) is 102 Å². The summed E-state index contributed by atoms with van der Waals surface area (Å²) in [6, 6.07) is 126. The Hall–Kier alpha value is -14.4. The minimum Gasteiger partial charge on any atom is -0.453 e. The number of benzene rings is 16. The smallest absolute Gasteiger partial charge is 0.194 e. The third-order valence-corrected chi connectivity index (χ3v) is 22.3. The van der Waals surface area contributed by atoms with E-state index < -0.39 is 0 Å². The van der Waals surface area contributed by atoms with Crippen molar-refractivity contribution in [3.8, 4) is 56.4 Å². The van der Waals surface area contributed by atoms with Gasteiger partial charge < -0.3 is 38.9 Å². The molecule has 0 amide bonds. The number of aryl methyl sites for hydroxylation is 8. The Morgan fingerprint density at radius 2 is 0.386 bits per heavy atom. The van der Waals surface area contributed by atoms with Gasteiger partial charge in [0.2, 0.25) is 0 Å². The second kappa shape index (κ2) is 28.8. The largest absolute Gasteiger partial charge is 0.453 e. The van der Waals surface area contributed by atoms with Crippen LogP contribution in [-0.2, 0) is 0 Å². The molecule has 9 heteroatoms. The number of ether oxygens (including phenoxy) is 2. The van der Waals surface area contributed by atoms with Crippen LogP contribution in [0, 0.1) is 55.4 Å². The molecule has 2 aliphatic heterocycles. The highest BCUT2D eigenvalue weighted by Gasteiger charge is 2.33. The van der Waals surface area contributed by atoms with E-state index in [-0.39, 0.29) is 5.78 Å². The third kappa shape index (κ3) is 13.1. The van der Waals surface area contributed by atoms with Crippen molar-refractivity contribution in [1.29, 1.82) is 0 Å². The van der Waals surface area contributed by atoms with Crippen LogP contribution in [-0.4, -0.2) is 5.78 Å². The quantitative estimate of drug-likeness (QED) is 0.0942. The van der Waals surface area contributed by atoms with Gasteiger partial charge in [0.1, 0.15) is 0 Å². The zero-order chi connectivity index (χ0) is 77.4. The molecule has 0 aromatic heterocycles. The molecule has 0 bridgehead atoms. The number of carbonyl (C=O) groups excluding carboxylic acids is 1. The highest BCUT2D eigenvalue weighted by Crippen LogP contribution is 2.57. The van der Waals surface area contributed by atoms with Crippen LogP contribution in [0.5, 0.6) is 23.0 Å². The average molecular weight is 1480 g/mol. The first-order valence-electron chi connectivity index (χ1n) is 38.9. The minimum atomic E-state index is 0.00997. The fourth-order valence-corrected chi connectivity index (χ4v) is 16.1. The second-order valence-electron chi connectivity index (χ2n) is 30.5. The van der Waals surface area contributed by atoms with Crippen molar-refractivity contribution in [3.63, 3.8) is 0 Å². The van der Waals surface area contributed by atoms with Gasteiger partial charge in [-0.25, -0.2) is 0 Å². The normalized spacial score (nSPS) is 12.2. The summed E-state index contributed by atoms with van der Waals surface area (Å²) >= 11 is 0. The molecule has 0 saturated heterocycles. The molecule has 0 atom stereocenters. The van der Waals surface area contributed by atoms with Gasteiger partial charge in [-0.05, 0) is 271 Å². The molecule has 550 valence electrons. The lowest BCUT2D eigenvalue weighted by Gasteiger charge is -2.35. The molecule has 1 aliphatic carbocycles. The molecule has 0 fully saturated rings. The first-order chi connectivity index (χ1) is 55.6. The molecule has 16 aromatic carbocycles. The zero-order valence-electron chi connectivity index (χ0n) is 64.9. The number of hydrogen-bond acceptors (Lipinski definition) is 9. The maximum absolute atomic E-state index is 15.0. The molecule has 114 heavy (non-hydrogen) atoms. The van der Waals surface area contributed by atoms with Crippen LogP contribution < -0.4 is 38.9 Å². The van der Waals surface area contributed by atoms with Gasteiger partial charge in [0.25, 0.3) is 0 Å². The summed E-state index contributed by atoms with van der Waals surface area (Å²) < 4.78 is 14.4. The predicted molar refractivity (Wildman–Crippen MR) is 472 cm³/mol. The summed E-state index contributed by atoms with van der Waals surface area (Å²) in [5.74, 6) is 2.88. The predicted octanol–water partition coefficient (Wildman–Crippen LogP) is 29.7. The fourth-order valence-electron chi connectivity index (χ4n) is 16.1. The fraction of sp³-hybridized carbons (Fsp3) is 0.0762. The van der Waals surface area contributed by atoms with Crippen molar-refractivity contribution in [3.05, 3.63) is 407 Å². The van der Waals surface area contributed by atoms with E-state index in [1.165, 1.54) is 44.5 Å². The Morgan fingerprint density at radius 1 is 0.193 bits per heavy atom. The van der Waals surface area contributed by atoms with Gasteiger partial charge >= 0.3 is 0 Å². The van der Waals surface area contributed by atoms with Crippen LogP contribution in [0.15, 0.2) is 352 Å². The molecule has 16 aromatic rings. The number of rotatable bonds is 16. The summed E-state index contributed by atoms with van der Waals surface area (Å²) in [7, 11) is 0. The maximum atomic E-state index is 15.0. The molecule has 0 radical (unpaired) electrons. The lowest BCUT2D eigenvalue weighted by atomic mass is 9.97. The number of fused-ring (bicyclic) bond motifs is 7.